The Labute approximate surface area is 207 Å². The second-order valence-corrected chi connectivity index (χ2v) is 8.85. The van der Waals surface area contributed by atoms with E-state index in [1.807, 2.05) is 30.3 Å². The van der Waals surface area contributed by atoms with Gasteiger partial charge in [-0.25, -0.2) is 0 Å². The van der Waals surface area contributed by atoms with E-state index < -0.39 is 5.97 Å². The highest BCUT2D eigenvalue weighted by molar-refractivity contribution is 5.92. The zero-order chi connectivity index (χ0) is 24.6. The molecule has 0 saturated carbocycles. The quantitative estimate of drug-likeness (QED) is 0.238. The van der Waals surface area contributed by atoms with Crippen molar-refractivity contribution in [2.75, 3.05) is 14.2 Å². The highest BCUT2D eigenvalue weighted by Gasteiger charge is 2.11. The Morgan fingerprint density at radius 3 is 2.06 bits per heavy atom. The Bertz CT molecular complexity index is 1270. The molecule has 35 heavy (non-hydrogen) atoms. The number of fused-ring (bicyclic) bond motifs is 1. The molecule has 0 aliphatic carbocycles. The lowest BCUT2D eigenvalue weighted by atomic mass is 9.90. The molecule has 0 bridgehead atoms. The average Bonchev–Trinajstić information content (AvgIpc) is 2.88. The number of carboxylic acid groups (broad SMARTS) is 1. The van der Waals surface area contributed by atoms with E-state index in [0.717, 1.165) is 49.2 Å². The van der Waals surface area contributed by atoms with Crippen molar-refractivity contribution in [3.05, 3.63) is 95.6 Å². The summed E-state index contributed by atoms with van der Waals surface area (Å²) < 4.78 is 10.8. The number of benzene rings is 4. The number of carboxylic acids is 1. The van der Waals surface area contributed by atoms with Crippen LogP contribution in [0.3, 0.4) is 0 Å². The summed E-state index contributed by atoms with van der Waals surface area (Å²) in [7, 11) is 3.39. The first-order valence-corrected chi connectivity index (χ1v) is 12.1. The highest BCUT2D eigenvalue weighted by atomic mass is 16.5. The zero-order valence-corrected chi connectivity index (χ0v) is 20.4. The number of hydrogen-bond donors (Lipinski definition) is 1. The van der Waals surface area contributed by atoms with Gasteiger partial charge in [0.2, 0.25) is 0 Å². The van der Waals surface area contributed by atoms with Crippen molar-refractivity contribution in [1.82, 2.24) is 0 Å². The van der Waals surface area contributed by atoms with Crippen LogP contribution < -0.4 is 9.47 Å². The van der Waals surface area contributed by atoms with Gasteiger partial charge in [0.15, 0.2) is 0 Å². The molecule has 180 valence electrons. The Balaban J connectivity index is 1.46. The van der Waals surface area contributed by atoms with E-state index >= 15 is 0 Å². The predicted octanol–water partition coefficient (Wildman–Crippen LogP) is 7.11. The first-order valence-electron chi connectivity index (χ1n) is 12.1. The number of carbonyl (C=O) groups is 1. The van der Waals surface area contributed by atoms with Crippen LogP contribution in [0.25, 0.3) is 21.9 Å². The Hall–Kier alpha value is -3.79. The van der Waals surface area contributed by atoms with Gasteiger partial charge in [-0.1, -0.05) is 61.0 Å². The molecule has 0 atom stereocenters. The van der Waals surface area contributed by atoms with Gasteiger partial charge < -0.3 is 14.6 Å². The number of rotatable bonds is 11. The minimum absolute atomic E-state index is 0.0771. The van der Waals surface area contributed by atoms with Crippen LogP contribution in [0.15, 0.2) is 78.9 Å². The fourth-order valence-electron chi connectivity index (χ4n) is 4.62. The van der Waals surface area contributed by atoms with Crippen LogP contribution in [0.1, 0.15) is 36.0 Å². The molecule has 0 aromatic heterocycles. The summed E-state index contributed by atoms with van der Waals surface area (Å²) in [6, 6.07) is 26.9. The van der Waals surface area contributed by atoms with Gasteiger partial charge in [0.25, 0.3) is 0 Å². The Morgan fingerprint density at radius 2 is 1.37 bits per heavy atom. The monoisotopic (exact) mass is 468 g/mol. The highest BCUT2D eigenvalue weighted by Crippen LogP contribution is 2.34. The molecule has 0 aliphatic heterocycles. The average molecular weight is 469 g/mol. The van der Waals surface area contributed by atoms with Gasteiger partial charge in [-0.3, -0.25) is 4.79 Å². The maximum absolute atomic E-state index is 10.9. The van der Waals surface area contributed by atoms with Crippen LogP contribution in [0.5, 0.6) is 11.5 Å². The minimum atomic E-state index is -0.793. The number of unbranched alkanes of at least 4 members (excludes halogenated alkanes) is 2. The molecule has 0 unspecified atom stereocenters. The Kier molecular flexibility index (Phi) is 8.04. The lowest BCUT2D eigenvalue weighted by Crippen LogP contribution is -1.99. The molecule has 0 amide bonds. The van der Waals surface area contributed by atoms with Gasteiger partial charge in [0.05, 0.1) is 20.6 Å². The van der Waals surface area contributed by atoms with E-state index in [2.05, 4.69) is 48.5 Å². The van der Waals surface area contributed by atoms with Crippen LogP contribution in [-0.2, 0) is 24.1 Å². The third kappa shape index (κ3) is 6.21. The molecule has 0 spiro atoms. The van der Waals surface area contributed by atoms with Gasteiger partial charge in [-0.15, -0.1) is 0 Å². The predicted molar refractivity (Wildman–Crippen MR) is 142 cm³/mol. The molecule has 0 fully saturated rings. The molecule has 0 radical (unpaired) electrons. The van der Waals surface area contributed by atoms with Crippen LogP contribution in [0.2, 0.25) is 0 Å². The number of aryl methyl sites for hydroxylation is 2. The van der Waals surface area contributed by atoms with Crippen molar-refractivity contribution in [3.63, 3.8) is 0 Å². The fraction of sp³-hybridized carbons (Fsp3) is 0.258. The van der Waals surface area contributed by atoms with Crippen molar-refractivity contribution in [2.45, 2.75) is 38.5 Å². The maximum atomic E-state index is 10.9. The van der Waals surface area contributed by atoms with Crippen molar-refractivity contribution in [1.29, 1.82) is 0 Å². The molecule has 4 nitrogen and oxygen atoms in total. The molecular formula is C31H32O4. The van der Waals surface area contributed by atoms with E-state index in [1.54, 1.807) is 14.2 Å². The molecule has 0 saturated heterocycles. The lowest BCUT2D eigenvalue weighted by molar-refractivity contribution is -0.136. The number of methoxy groups -OCH3 is 2. The summed E-state index contributed by atoms with van der Waals surface area (Å²) in [5.41, 5.74) is 5.93. The molecule has 4 rings (SSSR count). The first kappa shape index (κ1) is 24.3. The number of hydrogen-bond acceptors (Lipinski definition) is 3. The molecule has 4 heteroatoms. The topological polar surface area (TPSA) is 55.8 Å². The van der Waals surface area contributed by atoms with Crippen molar-refractivity contribution >= 4 is 16.7 Å². The number of aliphatic carboxylic acids is 1. The summed E-state index contributed by atoms with van der Waals surface area (Å²) in [6.45, 7) is 0. The molecule has 1 N–H and O–H groups in total. The summed E-state index contributed by atoms with van der Waals surface area (Å²) in [5, 5.41) is 11.4. The molecule has 4 aromatic carbocycles. The molecule has 4 aromatic rings. The summed E-state index contributed by atoms with van der Waals surface area (Å²) in [4.78, 5) is 10.9. The minimum Gasteiger partial charge on any atom is -0.497 e. The van der Waals surface area contributed by atoms with Crippen LogP contribution in [0, 0.1) is 0 Å². The van der Waals surface area contributed by atoms with E-state index in [9.17, 15) is 4.79 Å². The summed E-state index contributed by atoms with van der Waals surface area (Å²) in [6.07, 6.45) is 5.42. The largest absolute Gasteiger partial charge is 0.497 e. The molecule has 0 aliphatic rings. The fourth-order valence-corrected chi connectivity index (χ4v) is 4.62. The van der Waals surface area contributed by atoms with E-state index in [0.29, 0.717) is 0 Å². The van der Waals surface area contributed by atoms with E-state index in [1.165, 1.54) is 33.0 Å². The van der Waals surface area contributed by atoms with E-state index in [4.69, 9.17) is 14.6 Å². The van der Waals surface area contributed by atoms with Crippen molar-refractivity contribution in [2.24, 2.45) is 0 Å². The summed E-state index contributed by atoms with van der Waals surface area (Å²) in [5.74, 6) is 0.936. The van der Waals surface area contributed by atoms with Crippen LogP contribution in [-0.4, -0.2) is 25.3 Å². The first-order chi connectivity index (χ1) is 17.1. The van der Waals surface area contributed by atoms with Gasteiger partial charge in [0.1, 0.15) is 11.5 Å². The van der Waals surface area contributed by atoms with E-state index in [-0.39, 0.29) is 6.42 Å². The second-order valence-electron chi connectivity index (χ2n) is 8.85. The zero-order valence-electron chi connectivity index (χ0n) is 20.4. The lowest BCUT2D eigenvalue weighted by Gasteiger charge is -2.15. The van der Waals surface area contributed by atoms with Crippen LogP contribution >= 0.6 is 0 Å². The standard InChI is InChI=1S/C31H32O4/c1-34-26-15-12-24(13-16-26)28-18-14-25-21-27(35-2)17-19-29(25)30(28)7-5-3-4-6-22-8-10-23(11-9-22)20-31(32)33/h8-19,21H,3-7,20H2,1-2H3,(H,32,33). The third-order valence-electron chi connectivity index (χ3n) is 6.51. The second kappa shape index (κ2) is 11.6. The van der Waals surface area contributed by atoms with Gasteiger partial charge in [-0.2, -0.15) is 0 Å². The van der Waals surface area contributed by atoms with Gasteiger partial charge in [-0.05, 0) is 88.5 Å². The Morgan fingerprint density at radius 1 is 0.714 bits per heavy atom. The SMILES string of the molecule is COc1ccc(-c2ccc3cc(OC)ccc3c2CCCCCc2ccc(CC(=O)O)cc2)cc1. The summed E-state index contributed by atoms with van der Waals surface area (Å²) >= 11 is 0. The normalized spacial score (nSPS) is 10.9. The smallest absolute Gasteiger partial charge is 0.307 e. The molecule has 0 heterocycles. The number of ether oxygens (including phenoxy) is 2. The van der Waals surface area contributed by atoms with Crippen molar-refractivity contribution < 1.29 is 19.4 Å². The van der Waals surface area contributed by atoms with Crippen LogP contribution in [0.4, 0.5) is 0 Å². The van der Waals surface area contributed by atoms with Gasteiger partial charge in [0, 0.05) is 0 Å². The third-order valence-corrected chi connectivity index (χ3v) is 6.51. The maximum Gasteiger partial charge on any atom is 0.307 e. The van der Waals surface area contributed by atoms with Crippen molar-refractivity contribution in [3.8, 4) is 22.6 Å². The van der Waals surface area contributed by atoms with Gasteiger partial charge >= 0.3 is 5.97 Å². The molecular weight excluding hydrogens is 436 g/mol.